The van der Waals surface area contributed by atoms with Gasteiger partial charge in [-0.25, -0.2) is 4.79 Å². The Balaban J connectivity index is 1.67. The van der Waals surface area contributed by atoms with Crippen LogP contribution in [-0.2, 0) is 6.18 Å². The second kappa shape index (κ2) is 10.4. The van der Waals surface area contributed by atoms with E-state index < -0.39 is 17.8 Å². The van der Waals surface area contributed by atoms with Gasteiger partial charge in [-0.1, -0.05) is 12.2 Å². The number of benzene rings is 2. The van der Waals surface area contributed by atoms with Gasteiger partial charge in [0.05, 0.1) is 5.56 Å². The molecule has 0 radical (unpaired) electrons. The summed E-state index contributed by atoms with van der Waals surface area (Å²) in [6.07, 6.45) is -0.876. The monoisotopic (exact) mass is 477 g/mol. The number of ether oxygens (including phenoxy) is 1. The van der Waals surface area contributed by atoms with E-state index in [9.17, 15) is 23.1 Å². The molecule has 0 unspecified atom stereocenters. The lowest BCUT2D eigenvalue weighted by molar-refractivity contribution is -0.137. The quantitative estimate of drug-likeness (QED) is 0.306. The minimum atomic E-state index is -4.60. The minimum absolute atomic E-state index is 0.0413. The summed E-state index contributed by atoms with van der Waals surface area (Å²) in [6.45, 7) is 0.838. The number of nitrogens with one attached hydrogen (secondary N) is 2. The smallest absolute Gasteiger partial charge is 0.418 e. The van der Waals surface area contributed by atoms with Crippen molar-refractivity contribution in [1.82, 2.24) is 4.90 Å². The van der Waals surface area contributed by atoms with Gasteiger partial charge < -0.3 is 31.5 Å². The van der Waals surface area contributed by atoms with E-state index in [1.807, 2.05) is 0 Å². The number of amidine groups is 1. The summed E-state index contributed by atoms with van der Waals surface area (Å²) in [6, 6.07) is 7.59. The van der Waals surface area contributed by atoms with Gasteiger partial charge in [-0.2, -0.15) is 13.2 Å². The van der Waals surface area contributed by atoms with Crippen molar-refractivity contribution in [3.8, 4) is 11.5 Å². The van der Waals surface area contributed by atoms with Crippen molar-refractivity contribution in [2.24, 2.45) is 11.5 Å². The number of aromatic hydroxyl groups is 1. The fraction of sp³-hybridized carbons (Fsp3) is 0.304. The zero-order chi connectivity index (χ0) is 24.9. The number of phenols is 1. The van der Waals surface area contributed by atoms with Crippen LogP contribution in [0.1, 0.15) is 29.5 Å². The van der Waals surface area contributed by atoms with Crippen molar-refractivity contribution in [2.75, 3.05) is 25.0 Å². The van der Waals surface area contributed by atoms with Crippen LogP contribution in [0.25, 0.3) is 6.08 Å². The average molecular weight is 477 g/mol. The molecule has 0 spiro atoms. The molecule has 2 aromatic carbocycles. The number of anilines is 1. The summed E-state index contributed by atoms with van der Waals surface area (Å²) < 4.78 is 46.7. The van der Waals surface area contributed by atoms with Crippen LogP contribution < -0.4 is 21.5 Å². The zero-order valence-electron chi connectivity index (χ0n) is 18.2. The number of hydrogen-bond donors (Lipinski definition) is 5. The molecule has 1 fully saturated rings. The lowest BCUT2D eigenvalue weighted by Gasteiger charge is -2.31. The number of amides is 2. The fourth-order valence-corrected chi connectivity index (χ4v) is 3.58. The first-order valence-corrected chi connectivity index (χ1v) is 10.5. The molecular weight excluding hydrogens is 451 g/mol. The van der Waals surface area contributed by atoms with Gasteiger partial charge in [0, 0.05) is 49.3 Å². The number of rotatable bonds is 7. The topological polar surface area (TPSA) is 138 Å². The number of carbonyl (C=O) groups excluding carboxylic acids is 1. The minimum Gasteiger partial charge on any atom is -0.507 e. The Morgan fingerprint density at radius 1 is 1.21 bits per heavy atom. The van der Waals surface area contributed by atoms with Crippen LogP contribution in [0.15, 0.2) is 42.5 Å². The van der Waals surface area contributed by atoms with Gasteiger partial charge in [0.25, 0.3) is 0 Å². The molecule has 3 rings (SSSR count). The van der Waals surface area contributed by atoms with Crippen molar-refractivity contribution < 1.29 is 27.8 Å². The Kier molecular flexibility index (Phi) is 7.54. The highest BCUT2D eigenvalue weighted by Gasteiger charge is 2.34. The summed E-state index contributed by atoms with van der Waals surface area (Å²) in [5.74, 6) is -0.111. The number of alkyl halides is 3. The number of nitrogens with two attached hydrogens (primary N) is 2. The van der Waals surface area contributed by atoms with E-state index in [0.717, 1.165) is 6.07 Å². The molecular formula is C23H26F3N5O3. The van der Waals surface area contributed by atoms with Crippen LogP contribution in [0.5, 0.6) is 11.5 Å². The maximum absolute atomic E-state index is 13.7. The molecule has 0 atom stereocenters. The highest BCUT2D eigenvalue weighted by atomic mass is 19.4. The van der Waals surface area contributed by atoms with Crippen molar-refractivity contribution in [3.05, 3.63) is 59.2 Å². The van der Waals surface area contributed by atoms with Crippen LogP contribution in [0.4, 0.5) is 23.7 Å². The second-order valence-electron chi connectivity index (χ2n) is 7.82. The molecule has 7 N–H and O–H groups in total. The molecule has 2 aromatic rings. The van der Waals surface area contributed by atoms with Gasteiger partial charge in [-0.05, 0) is 36.4 Å². The molecule has 1 heterocycles. The van der Waals surface area contributed by atoms with Crippen LogP contribution in [0.3, 0.4) is 0 Å². The number of piperidine rings is 1. The zero-order valence-corrected chi connectivity index (χ0v) is 18.2. The summed E-state index contributed by atoms with van der Waals surface area (Å²) in [5, 5.41) is 20.1. The largest absolute Gasteiger partial charge is 0.507 e. The van der Waals surface area contributed by atoms with E-state index in [-0.39, 0.29) is 35.7 Å². The van der Waals surface area contributed by atoms with Crippen molar-refractivity contribution in [1.29, 1.82) is 5.41 Å². The highest BCUT2D eigenvalue weighted by molar-refractivity contribution is 5.95. The number of phenolic OH excluding ortho intramolecular Hbond substituents is 1. The number of halogens is 3. The summed E-state index contributed by atoms with van der Waals surface area (Å²) in [4.78, 5) is 12.7. The lowest BCUT2D eigenvalue weighted by Crippen LogP contribution is -2.44. The number of likely N-dealkylation sites (tertiary alicyclic amines) is 1. The first-order chi connectivity index (χ1) is 16.0. The number of urea groups is 1. The normalized spacial score (nSPS) is 14.9. The molecule has 182 valence electrons. The maximum Gasteiger partial charge on any atom is 0.418 e. The van der Waals surface area contributed by atoms with E-state index in [0.29, 0.717) is 37.1 Å². The number of nitrogen functional groups attached to an aromatic ring is 1. The van der Waals surface area contributed by atoms with Crippen LogP contribution in [0, 0.1) is 5.41 Å². The molecule has 2 amide bonds. The molecule has 1 aliphatic heterocycles. The van der Waals surface area contributed by atoms with Gasteiger partial charge in [0.1, 0.15) is 23.4 Å². The number of primary amides is 1. The van der Waals surface area contributed by atoms with Crippen molar-refractivity contribution in [3.63, 3.8) is 0 Å². The van der Waals surface area contributed by atoms with Gasteiger partial charge in [0.2, 0.25) is 0 Å². The number of hydrogen-bond acceptors (Lipinski definition) is 5. The second-order valence-corrected chi connectivity index (χ2v) is 7.82. The highest BCUT2D eigenvalue weighted by Crippen LogP contribution is 2.37. The fourth-order valence-electron chi connectivity index (χ4n) is 3.58. The third kappa shape index (κ3) is 6.33. The lowest BCUT2D eigenvalue weighted by atomic mass is 10.1. The number of nitrogens with zero attached hydrogens (tertiary/aromatic N) is 1. The Hall–Kier alpha value is -3.89. The molecule has 0 saturated carbocycles. The van der Waals surface area contributed by atoms with E-state index in [2.05, 4.69) is 5.32 Å². The van der Waals surface area contributed by atoms with Gasteiger partial charge >= 0.3 is 12.2 Å². The van der Waals surface area contributed by atoms with E-state index in [1.54, 1.807) is 6.08 Å². The SMILES string of the molecule is N=C(N)c1ccc(O)c(C=CCNc2ccc(OC3CCN(C(N)=O)CC3)cc2C(F)(F)F)c1. The summed E-state index contributed by atoms with van der Waals surface area (Å²) >= 11 is 0. The first-order valence-electron chi connectivity index (χ1n) is 10.5. The molecule has 8 nitrogen and oxygen atoms in total. The molecule has 34 heavy (non-hydrogen) atoms. The van der Waals surface area contributed by atoms with E-state index in [1.165, 1.54) is 41.3 Å². The molecule has 1 saturated heterocycles. The Labute approximate surface area is 194 Å². The summed E-state index contributed by atoms with van der Waals surface area (Å²) in [7, 11) is 0. The Morgan fingerprint density at radius 3 is 2.53 bits per heavy atom. The Morgan fingerprint density at radius 2 is 1.91 bits per heavy atom. The first kappa shape index (κ1) is 24.7. The summed E-state index contributed by atoms with van der Waals surface area (Å²) in [5.41, 5.74) is 10.5. The third-order valence-electron chi connectivity index (χ3n) is 5.40. The van der Waals surface area contributed by atoms with Crippen molar-refractivity contribution in [2.45, 2.75) is 25.1 Å². The maximum atomic E-state index is 13.7. The van der Waals surface area contributed by atoms with Crippen LogP contribution >= 0.6 is 0 Å². The molecule has 0 aromatic heterocycles. The van der Waals surface area contributed by atoms with E-state index in [4.69, 9.17) is 21.6 Å². The predicted octanol–water partition coefficient (Wildman–Crippen LogP) is 3.74. The molecule has 1 aliphatic rings. The number of carbonyl (C=O) groups is 1. The standard InChI is InChI=1S/C23H26F3N5O3/c24-23(25,26)18-13-17(34-16-7-10-31(11-8-16)22(29)33)4-5-19(18)30-9-1-2-14-12-15(21(27)28)3-6-20(14)32/h1-6,12-13,16,30,32H,7-11H2,(H3,27,28)(H2,29,33). The van der Waals surface area contributed by atoms with Gasteiger partial charge in [-0.3, -0.25) is 5.41 Å². The molecule has 0 aliphatic carbocycles. The van der Waals surface area contributed by atoms with Crippen LogP contribution in [-0.4, -0.2) is 47.6 Å². The van der Waals surface area contributed by atoms with Crippen molar-refractivity contribution >= 4 is 23.6 Å². The predicted molar refractivity (Wildman–Crippen MR) is 123 cm³/mol. The average Bonchev–Trinajstić information content (AvgIpc) is 2.78. The van der Waals surface area contributed by atoms with Gasteiger partial charge in [-0.15, -0.1) is 0 Å². The third-order valence-corrected chi connectivity index (χ3v) is 5.40. The molecule has 0 bridgehead atoms. The van der Waals surface area contributed by atoms with Crippen LogP contribution in [0.2, 0.25) is 0 Å². The van der Waals surface area contributed by atoms with E-state index >= 15 is 0 Å². The van der Waals surface area contributed by atoms with Gasteiger partial charge in [0.15, 0.2) is 0 Å². The molecule has 11 heteroatoms. The Bertz CT molecular complexity index is 1080.